The third-order valence-electron chi connectivity index (χ3n) is 3.98. The van der Waals surface area contributed by atoms with E-state index in [1.54, 1.807) is 0 Å². The van der Waals surface area contributed by atoms with Crippen LogP contribution in [0.2, 0.25) is 30.1 Å². The fourth-order valence-corrected chi connectivity index (χ4v) is 6.11. The van der Waals surface area contributed by atoms with Gasteiger partial charge in [0.15, 0.2) is 0 Å². The average Bonchev–Trinajstić information content (AvgIpc) is 2.73. The van der Waals surface area contributed by atoms with Gasteiger partial charge in [0.1, 0.15) is 0 Å². The Morgan fingerprint density at radius 2 is 0.719 bits per heavy atom. The molecule has 2 N–H and O–H groups in total. The first-order valence-electron chi connectivity index (χ1n) is 8.26. The van der Waals surface area contributed by atoms with Crippen molar-refractivity contribution in [3.8, 4) is 0 Å². The number of hydrogen-bond acceptors (Lipinski definition) is 4. The zero-order valence-electron chi connectivity index (χ0n) is 15.3. The lowest BCUT2D eigenvalue weighted by Crippen LogP contribution is -2.16. The minimum atomic E-state index is -4.15. The van der Waals surface area contributed by atoms with Gasteiger partial charge in [0.2, 0.25) is 0 Å². The third kappa shape index (κ3) is 5.34. The van der Waals surface area contributed by atoms with Crippen LogP contribution in [0.5, 0.6) is 0 Å². The molecule has 0 bridgehead atoms. The van der Waals surface area contributed by atoms with Crippen LogP contribution in [-0.4, -0.2) is 16.8 Å². The Bertz CT molecular complexity index is 1260. The molecular formula is C18H10Cl6N2O4S2. The number of sulfonamides is 2. The number of nitrogens with one attached hydrogen (secondary N) is 2. The van der Waals surface area contributed by atoms with Crippen molar-refractivity contribution in [3.63, 3.8) is 0 Å². The second kappa shape index (κ2) is 9.64. The van der Waals surface area contributed by atoms with Crippen molar-refractivity contribution in [2.75, 3.05) is 9.44 Å². The molecule has 0 aliphatic heterocycles. The van der Waals surface area contributed by atoms with Gasteiger partial charge in [0.05, 0.1) is 41.3 Å². The largest absolute Gasteiger partial charge is 0.276 e. The Hall–Kier alpha value is -1.10. The molecule has 0 saturated heterocycles. The molecule has 0 saturated carbocycles. The van der Waals surface area contributed by atoms with E-state index in [2.05, 4.69) is 9.44 Å². The van der Waals surface area contributed by atoms with Gasteiger partial charge in [-0.15, -0.1) is 0 Å². The van der Waals surface area contributed by atoms with E-state index in [0.717, 1.165) is 0 Å². The predicted molar refractivity (Wildman–Crippen MR) is 131 cm³/mol. The molecule has 0 aliphatic carbocycles. The minimum absolute atomic E-state index is 0.131. The van der Waals surface area contributed by atoms with Crippen LogP contribution in [0, 0.1) is 0 Å². The molecule has 3 aromatic rings. The summed E-state index contributed by atoms with van der Waals surface area (Å²) in [7, 11) is -8.30. The van der Waals surface area contributed by atoms with Gasteiger partial charge in [0.25, 0.3) is 20.0 Å². The number of hydrogen-bond donors (Lipinski definition) is 2. The van der Waals surface area contributed by atoms with Crippen LogP contribution in [0.15, 0.2) is 58.3 Å². The first-order valence-corrected chi connectivity index (χ1v) is 13.5. The quantitative estimate of drug-likeness (QED) is 0.295. The maximum atomic E-state index is 12.7. The first kappa shape index (κ1) is 25.5. The van der Waals surface area contributed by atoms with E-state index in [-0.39, 0.29) is 41.3 Å². The highest BCUT2D eigenvalue weighted by Gasteiger charge is 2.27. The molecule has 0 fully saturated rings. The summed E-state index contributed by atoms with van der Waals surface area (Å²) in [4.78, 5) is -0.261. The zero-order chi connectivity index (χ0) is 23.8. The summed E-state index contributed by atoms with van der Waals surface area (Å²) in [6, 6.07) is 10.6. The minimum Gasteiger partial charge on any atom is -0.276 e. The van der Waals surface area contributed by atoms with Gasteiger partial charge in [-0.2, -0.15) is 0 Å². The summed E-state index contributed by atoms with van der Waals surface area (Å²) in [6.07, 6.45) is 0. The molecule has 0 heterocycles. The monoisotopic (exact) mass is 592 g/mol. The lowest BCUT2D eigenvalue weighted by Gasteiger charge is -2.18. The molecule has 3 aromatic carbocycles. The standard InChI is InChI=1S/C18H10Cl6N2O4S2/c19-9-1-5-11(6-2-9)31(27,28)25-17-13(21)15(23)18(16(24)14(17)22)26-32(29,30)12-7-3-10(20)4-8-12/h1-8,25-26H. The molecule has 0 atom stereocenters. The SMILES string of the molecule is O=S(=O)(Nc1c(Cl)c(Cl)c(NS(=O)(=O)c2ccc(Cl)cc2)c(Cl)c1Cl)c1ccc(Cl)cc1. The third-order valence-corrected chi connectivity index (χ3v) is 8.92. The molecule has 0 unspecified atom stereocenters. The second-order valence-electron chi connectivity index (χ2n) is 6.12. The van der Waals surface area contributed by atoms with Crippen LogP contribution in [0.3, 0.4) is 0 Å². The van der Waals surface area contributed by atoms with Gasteiger partial charge in [-0.05, 0) is 48.5 Å². The molecule has 0 radical (unpaired) electrons. The Balaban J connectivity index is 2.03. The number of halogens is 6. The molecule has 0 aromatic heterocycles. The predicted octanol–water partition coefficient (Wildman–Crippen LogP) is 7.21. The van der Waals surface area contributed by atoms with Crippen LogP contribution in [0.25, 0.3) is 0 Å². The molecule has 32 heavy (non-hydrogen) atoms. The molecule has 0 spiro atoms. The number of anilines is 2. The highest BCUT2D eigenvalue weighted by atomic mass is 35.5. The fraction of sp³-hybridized carbons (Fsp3) is 0. The summed E-state index contributed by atoms with van der Waals surface area (Å²) in [5, 5.41) is -0.800. The van der Waals surface area contributed by atoms with Gasteiger partial charge in [-0.1, -0.05) is 69.6 Å². The Morgan fingerprint density at radius 3 is 0.969 bits per heavy atom. The fourth-order valence-electron chi connectivity index (χ4n) is 2.42. The van der Waals surface area contributed by atoms with Gasteiger partial charge in [-0.3, -0.25) is 9.44 Å². The zero-order valence-corrected chi connectivity index (χ0v) is 21.5. The first-order chi connectivity index (χ1) is 14.8. The summed E-state index contributed by atoms with van der Waals surface area (Å²) < 4.78 is 55.2. The molecule has 3 rings (SSSR count). The van der Waals surface area contributed by atoms with Crippen molar-refractivity contribution in [3.05, 3.63) is 78.7 Å². The van der Waals surface area contributed by atoms with Crippen molar-refractivity contribution < 1.29 is 16.8 Å². The molecule has 14 heteroatoms. The van der Waals surface area contributed by atoms with E-state index in [4.69, 9.17) is 69.6 Å². The van der Waals surface area contributed by atoms with E-state index in [1.807, 2.05) is 0 Å². The van der Waals surface area contributed by atoms with E-state index in [0.29, 0.717) is 10.0 Å². The van der Waals surface area contributed by atoms with Crippen molar-refractivity contribution in [2.45, 2.75) is 9.79 Å². The van der Waals surface area contributed by atoms with Gasteiger partial charge < -0.3 is 0 Å². The molecule has 0 amide bonds. The molecule has 170 valence electrons. The lowest BCUT2D eigenvalue weighted by molar-refractivity contribution is 0.599. The molecular weight excluding hydrogens is 585 g/mol. The van der Waals surface area contributed by atoms with Crippen molar-refractivity contribution in [1.82, 2.24) is 0 Å². The Labute approximate surface area is 214 Å². The Morgan fingerprint density at radius 1 is 0.469 bits per heavy atom. The van der Waals surface area contributed by atoms with E-state index < -0.39 is 20.0 Å². The molecule has 0 aliphatic rings. The molecule has 6 nitrogen and oxygen atoms in total. The van der Waals surface area contributed by atoms with E-state index in [1.165, 1.54) is 48.5 Å². The van der Waals surface area contributed by atoms with Gasteiger partial charge in [-0.25, -0.2) is 16.8 Å². The van der Waals surface area contributed by atoms with E-state index in [9.17, 15) is 16.8 Å². The maximum absolute atomic E-state index is 12.7. The average molecular weight is 595 g/mol. The number of benzene rings is 3. The number of rotatable bonds is 6. The van der Waals surface area contributed by atoms with E-state index >= 15 is 0 Å². The lowest BCUT2D eigenvalue weighted by atomic mass is 10.3. The van der Waals surface area contributed by atoms with Gasteiger partial charge >= 0.3 is 0 Å². The maximum Gasteiger partial charge on any atom is 0.261 e. The highest BCUT2D eigenvalue weighted by Crippen LogP contribution is 2.48. The van der Waals surface area contributed by atoms with Gasteiger partial charge in [0, 0.05) is 10.0 Å². The summed E-state index contributed by atoms with van der Waals surface area (Å²) in [5.41, 5.74) is -0.652. The van der Waals surface area contributed by atoms with Crippen LogP contribution in [-0.2, 0) is 20.0 Å². The summed E-state index contributed by atoms with van der Waals surface area (Å²) in [5.74, 6) is 0. The van der Waals surface area contributed by atoms with Crippen molar-refractivity contribution in [2.24, 2.45) is 0 Å². The Kier molecular flexibility index (Phi) is 7.69. The summed E-state index contributed by atoms with van der Waals surface area (Å²) in [6.45, 7) is 0. The smallest absolute Gasteiger partial charge is 0.261 e. The topological polar surface area (TPSA) is 92.3 Å². The highest BCUT2D eigenvalue weighted by molar-refractivity contribution is 7.93. The van der Waals surface area contributed by atoms with Crippen molar-refractivity contribution >= 4 is 101 Å². The van der Waals surface area contributed by atoms with Crippen LogP contribution >= 0.6 is 69.6 Å². The van der Waals surface area contributed by atoms with Crippen LogP contribution in [0.4, 0.5) is 11.4 Å². The van der Waals surface area contributed by atoms with Crippen LogP contribution < -0.4 is 9.44 Å². The second-order valence-corrected chi connectivity index (χ2v) is 11.9. The van der Waals surface area contributed by atoms with Crippen LogP contribution in [0.1, 0.15) is 0 Å². The summed E-state index contributed by atoms with van der Waals surface area (Å²) >= 11 is 36.4. The van der Waals surface area contributed by atoms with Crippen molar-refractivity contribution in [1.29, 1.82) is 0 Å². The normalized spacial score (nSPS) is 11.9.